The number of nitrogens with zero attached hydrogens (tertiary/aromatic N) is 3. The highest BCUT2D eigenvalue weighted by atomic mass is 16.6. The van der Waals surface area contributed by atoms with Crippen LogP contribution in [0.25, 0.3) is 0 Å². The van der Waals surface area contributed by atoms with E-state index in [-0.39, 0.29) is 17.6 Å². The van der Waals surface area contributed by atoms with E-state index >= 15 is 0 Å². The monoisotopic (exact) mass is 347 g/mol. The number of fused-ring (bicyclic) bond motifs is 1. The molecule has 0 atom stereocenters. The van der Waals surface area contributed by atoms with Crippen molar-refractivity contribution < 1.29 is 9.53 Å². The van der Waals surface area contributed by atoms with Gasteiger partial charge in [0.05, 0.1) is 11.7 Å². The minimum atomic E-state index is -0.487. The van der Waals surface area contributed by atoms with Crippen molar-refractivity contribution in [1.29, 1.82) is 0 Å². The van der Waals surface area contributed by atoms with Gasteiger partial charge in [-0.25, -0.2) is 9.78 Å². The van der Waals surface area contributed by atoms with Crippen LogP contribution in [-0.4, -0.2) is 40.8 Å². The Morgan fingerprint density at radius 3 is 2.64 bits per heavy atom. The highest BCUT2D eigenvalue weighted by Crippen LogP contribution is 2.40. The SMILES string of the molecule is CC(C)(C)OC(=O)NC1CN(c2nc(N)nc3c2CCCC3(C)C)C1. The third kappa shape index (κ3) is 3.80. The predicted molar refractivity (Wildman–Crippen MR) is 97.8 cm³/mol. The topological polar surface area (TPSA) is 93.4 Å². The maximum Gasteiger partial charge on any atom is 0.407 e. The summed E-state index contributed by atoms with van der Waals surface area (Å²) >= 11 is 0. The van der Waals surface area contributed by atoms with Crippen LogP contribution >= 0.6 is 0 Å². The fraction of sp³-hybridized carbons (Fsp3) is 0.722. The molecule has 3 N–H and O–H groups in total. The minimum Gasteiger partial charge on any atom is -0.444 e. The van der Waals surface area contributed by atoms with Crippen molar-refractivity contribution in [3.05, 3.63) is 11.3 Å². The normalized spacial score (nSPS) is 19.8. The summed E-state index contributed by atoms with van der Waals surface area (Å²) in [6.45, 7) is 11.4. The molecule has 3 rings (SSSR count). The van der Waals surface area contributed by atoms with Gasteiger partial charge in [-0.2, -0.15) is 4.98 Å². The number of hydrogen-bond donors (Lipinski definition) is 2. The Labute approximate surface area is 149 Å². The Morgan fingerprint density at radius 1 is 1.32 bits per heavy atom. The highest BCUT2D eigenvalue weighted by molar-refractivity contribution is 5.69. The molecule has 1 saturated heterocycles. The lowest BCUT2D eigenvalue weighted by Crippen LogP contribution is -2.60. The molecule has 2 aliphatic rings. The zero-order valence-electron chi connectivity index (χ0n) is 15.8. The van der Waals surface area contributed by atoms with E-state index in [4.69, 9.17) is 10.5 Å². The van der Waals surface area contributed by atoms with E-state index in [9.17, 15) is 4.79 Å². The van der Waals surface area contributed by atoms with Crippen molar-refractivity contribution in [3.63, 3.8) is 0 Å². The number of alkyl carbamates (subject to hydrolysis) is 1. The predicted octanol–water partition coefficient (Wildman–Crippen LogP) is 2.39. The first-order chi connectivity index (χ1) is 11.5. The van der Waals surface area contributed by atoms with E-state index in [2.05, 4.69) is 34.0 Å². The van der Waals surface area contributed by atoms with Gasteiger partial charge in [0.25, 0.3) is 0 Å². The number of carbonyl (C=O) groups excluding carboxylic acids is 1. The van der Waals surface area contributed by atoms with E-state index < -0.39 is 5.60 Å². The molecule has 1 aromatic heterocycles. The van der Waals surface area contributed by atoms with Gasteiger partial charge in [0.1, 0.15) is 11.4 Å². The second-order valence-corrected chi connectivity index (χ2v) is 8.72. The molecule has 1 aromatic rings. The first kappa shape index (κ1) is 17.8. The second-order valence-electron chi connectivity index (χ2n) is 8.72. The summed E-state index contributed by atoms with van der Waals surface area (Å²) in [5.41, 5.74) is 7.79. The number of amides is 1. The van der Waals surface area contributed by atoms with Crippen LogP contribution in [0.15, 0.2) is 0 Å². The molecule has 25 heavy (non-hydrogen) atoms. The summed E-state index contributed by atoms with van der Waals surface area (Å²) in [5, 5.41) is 2.91. The van der Waals surface area contributed by atoms with Crippen LogP contribution in [0.4, 0.5) is 16.6 Å². The van der Waals surface area contributed by atoms with Gasteiger partial charge in [0.2, 0.25) is 5.95 Å². The molecule has 2 heterocycles. The third-order valence-electron chi connectivity index (χ3n) is 4.77. The number of nitrogen functional groups attached to an aromatic ring is 1. The molecule has 0 aromatic carbocycles. The number of nitrogens with two attached hydrogens (primary N) is 1. The Bertz CT molecular complexity index is 675. The fourth-order valence-electron chi connectivity index (χ4n) is 3.58. The van der Waals surface area contributed by atoms with Crippen LogP contribution < -0.4 is 16.0 Å². The van der Waals surface area contributed by atoms with Crippen molar-refractivity contribution >= 4 is 17.9 Å². The van der Waals surface area contributed by atoms with Crippen molar-refractivity contribution in [2.75, 3.05) is 23.7 Å². The molecule has 1 aliphatic carbocycles. The molecular formula is C18H29N5O2. The lowest BCUT2D eigenvalue weighted by molar-refractivity contribution is 0.0496. The molecule has 1 aliphatic heterocycles. The fourth-order valence-corrected chi connectivity index (χ4v) is 3.58. The summed E-state index contributed by atoms with van der Waals surface area (Å²) in [5.74, 6) is 1.25. The van der Waals surface area contributed by atoms with Gasteiger partial charge in [-0.05, 0) is 40.0 Å². The summed E-state index contributed by atoms with van der Waals surface area (Å²) < 4.78 is 5.31. The molecule has 0 spiro atoms. The molecule has 0 saturated carbocycles. The van der Waals surface area contributed by atoms with Crippen LogP contribution in [0.5, 0.6) is 0 Å². The highest BCUT2D eigenvalue weighted by Gasteiger charge is 2.37. The van der Waals surface area contributed by atoms with E-state index in [1.165, 1.54) is 5.56 Å². The summed E-state index contributed by atoms with van der Waals surface area (Å²) in [4.78, 5) is 23.1. The minimum absolute atomic E-state index is 0.0262. The molecule has 1 amide bonds. The van der Waals surface area contributed by atoms with E-state index in [0.29, 0.717) is 19.0 Å². The summed E-state index contributed by atoms with van der Waals surface area (Å²) in [6, 6.07) is 0.0679. The number of nitrogens with one attached hydrogen (secondary N) is 1. The van der Waals surface area contributed by atoms with Gasteiger partial charge in [-0.3, -0.25) is 0 Å². The van der Waals surface area contributed by atoms with Gasteiger partial charge < -0.3 is 20.7 Å². The average molecular weight is 347 g/mol. The Balaban J connectivity index is 1.69. The molecule has 0 bridgehead atoms. The lowest BCUT2D eigenvalue weighted by atomic mass is 9.76. The largest absolute Gasteiger partial charge is 0.444 e. The third-order valence-corrected chi connectivity index (χ3v) is 4.77. The van der Waals surface area contributed by atoms with Gasteiger partial charge in [0.15, 0.2) is 0 Å². The number of aromatic nitrogens is 2. The Morgan fingerprint density at radius 2 is 2.00 bits per heavy atom. The van der Waals surface area contributed by atoms with Gasteiger partial charge in [-0.1, -0.05) is 13.8 Å². The zero-order valence-corrected chi connectivity index (χ0v) is 15.8. The maximum absolute atomic E-state index is 11.9. The van der Waals surface area contributed by atoms with E-state index in [0.717, 1.165) is 30.8 Å². The number of rotatable bonds is 2. The smallest absolute Gasteiger partial charge is 0.407 e. The molecular weight excluding hydrogens is 318 g/mol. The van der Waals surface area contributed by atoms with Crippen molar-refractivity contribution in [3.8, 4) is 0 Å². The number of hydrogen-bond acceptors (Lipinski definition) is 6. The molecule has 7 heteroatoms. The molecule has 138 valence electrons. The first-order valence-electron chi connectivity index (χ1n) is 8.96. The number of ether oxygens (including phenoxy) is 1. The Hall–Kier alpha value is -2.05. The maximum atomic E-state index is 11.9. The van der Waals surface area contributed by atoms with Gasteiger partial charge in [0, 0.05) is 24.1 Å². The van der Waals surface area contributed by atoms with Crippen LogP contribution in [0.1, 0.15) is 58.7 Å². The van der Waals surface area contributed by atoms with Crippen molar-refractivity contribution in [2.24, 2.45) is 0 Å². The standard InChI is InChI=1S/C18H29N5O2/c1-17(2,3)25-16(24)20-11-9-23(10-11)14-12-7-6-8-18(4,5)13(12)21-15(19)22-14/h11H,6-10H2,1-5H3,(H,20,24)(H2,19,21,22). The van der Waals surface area contributed by atoms with Crippen molar-refractivity contribution in [1.82, 2.24) is 15.3 Å². The lowest BCUT2D eigenvalue weighted by Gasteiger charge is -2.43. The molecule has 1 fully saturated rings. The summed E-state index contributed by atoms with van der Waals surface area (Å²) in [6.07, 6.45) is 2.85. The first-order valence-corrected chi connectivity index (χ1v) is 8.96. The second kappa shape index (κ2) is 6.04. The van der Waals surface area contributed by atoms with Crippen molar-refractivity contribution in [2.45, 2.75) is 70.9 Å². The van der Waals surface area contributed by atoms with Crippen LogP contribution in [0.3, 0.4) is 0 Å². The molecule has 0 radical (unpaired) electrons. The van der Waals surface area contributed by atoms with E-state index in [1.54, 1.807) is 0 Å². The number of carbonyl (C=O) groups is 1. The summed E-state index contributed by atoms with van der Waals surface area (Å²) in [7, 11) is 0. The van der Waals surface area contributed by atoms with E-state index in [1.807, 2.05) is 20.8 Å². The van der Waals surface area contributed by atoms with Gasteiger partial charge in [-0.15, -0.1) is 0 Å². The van der Waals surface area contributed by atoms with Crippen LogP contribution in [0, 0.1) is 0 Å². The van der Waals surface area contributed by atoms with Crippen LogP contribution in [-0.2, 0) is 16.6 Å². The molecule has 7 nitrogen and oxygen atoms in total. The zero-order chi connectivity index (χ0) is 18.4. The van der Waals surface area contributed by atoms with Crippen LogP contribution in [0.2, 0.25) is 0 Å². The number of anilines is 2. The quantitative estimate of drug-likeness (QED) is 0.853. The molecule has 0 unspecified atom stereocenters. The average Bonchev–Trinajstić information content (AvgIpc) is 2.40. The Kier molecular flexibility index (Phi) is 4.29. The van der Waals surface area contributed by atoms with Gasteiger partial charge >= 0.3 is 6.09 Å².